The van der Waals surface area contributed by atoms with Crippen LogP contribution in [0.15, 0.2) is 53.0 Å². The molecule has 2 aliphatic rings. The number of thiophene rings is 1. The first kappa shape index (κ1) is 19.3. The SMILES string of the molecule is O=C(Oc1ccc(Br)cc1[C@H]1NC(=O)c2c(sc3c2CCCC3)N1)c1ccccc1. The van der Waals surface area contributed by atoms with Crippen molar-refractivity contribution in [3.05, 3.63) is 80.1 Å². The number of rotatable bonds is 3. The van der Waals surface area contributed by atoms with Gasteiger partial charge >= 0.3 is 5.97 Å². The Bertz CT molecular complexity index is 1140. The van der Waals surface area contributed by atoms with Crippen molar-refractivity contribution < 1.29 is 14.3 Å². The van der Waals surface area contributed by atoms with Gasteiger partial charge in [-0.25, -0.2) is 4.79 Å². The summed E-state index contributed by atoms with van der Waals surface area (Å²) in [4.78, 5) is 26.9. The van der Waals surface area contributed by atoms with Gasteiger partial charge in [0, 0.05) is 14.9 Å². The number of benzene rings is 2. The molecule has 0 saturated heterocycles. The highest BCUT2D eigenvalue weighted by molar-refractivity contribution is 9.10. The van der Waals surface area contributed by atoms with E-state index >= 15 is 0 Å². The van der Waals surface area contributed by atoms with Crippen LogP contribution in [0.2, 0.25) is 0 Å². The lowest BCUT2D eigenvalue weighted by Gasteiger charge is -2.28. The molecule has 0 bridgehead atoms. The van der Waals surface area contributed by atoms with Gasteiger partial charge in [0.15, 0.2) is 0 Å². The second-order valence-electron chi connectivity index (χ2n) is 7.40. The number of fused-ring (bicyclic) bond motifs is 3. The maximum absolute atomic E-state index is 13.0. The molecule has 2 N–H and O–H groups in total. The standard InChI is InChI=1S/C23H19BrN2O3S/c24-14-10-11-17(29-23(28)13-6-2-1-3-7-13)16(12-14)20-25-21(27)19-15-8-4-5-9-18(15)30-22(19)26-20/h1-3,6-7,10-12,20,26H,4-5,8-9H2,(H,25,27)/t20-/m0/s1. The van der Waals surface area contributed by atoms with Gasteiger partial charge in [-0.1, -0.05) is 34.1 Å². The number of carbonyl (C=O) groups excluding carboxylic acids is 2. The van der Waals surface area contributed by atoms with Crippen molar-refractivity contribution in [3.63, 3.8) is 0 Å². The molecule has 1 amide bonds. The summed E-state index contributed by atoms with van der Waals surface area (Å²) in [6.07, 6.45) is 3.79. The summed E-state index contributed by atoms with van der Waals surface area (Å²) in [5, 5.41) is 7.41. The molecule has 3 aromatic rings. The van der Waals surface area contributed by atoms with Gasteiger partial charge in [0.2, 0.25) is 0 Å². The zero-order valence-corrected chi connectivity index (χ0v) is 18.4. The number of esters is 1. The number of hydrogen-bond acceptors (Lipinski definition) is 5. The number of amides is 1. The Morgan fingerprint density at radius 3 is 2.70 bits per heavy atom. The van der Waals surface area contributed by atoms with Crippen molar-refractivity contribution in [2.45, 2.75) is 31.8 Å². The van der Waals surface area contributed by atoms with Crippen molar-refractivity contribution in [2.75, 3.05) is 5.32 Å². The average molecular weight is 483 g/mol. The summed E-state index contributed by atoms with van der Waals surface area (Å²) < 4.78 is 6.53. The first-order valence-electron chi connectivity index (χ1n) is 9.89. The fraction of sp³-hybridized carbons (Fsp3) is 0.217. The van der Waals surface area contributed by atoms with E-state index < -0.39 is 12.1 Å². The van der Waals surface area contributed by atoms with Crippen molar-refractivity contribution >= 4 is 44.1 Å². The van der Waals surface area contributed by atoms with Crippen LogP contribution in [0.3, 0.4) is 0 Å². The van der Waals surface area contributed by atoms with Gasteiger partial charge < -0.3 is 15.4 Å². The Kier molecular flexibility index (Phi) is 5.08. The summed E-state index contributed by atoms with van der Waals surface area (Å²) in [5.74, 6) is -0.100. The fourth-order valence-electron chi connectivity index (χ4n) is 4.00. The van der Waals surface area contributed by atoms with Crippen molar-refractivity contribution in [1.82, 2.24) is 5.32 Å². The first-order valence-corrected chi connectivity index (χ1v) is 11.5. The third-order valence-electron chi connectivity index (χ3n) is 5.44. The van der Waals surface area contributed by atoms with E-state index in [0.717, 1.165) is 34.3 Å². The predicted octanol–water partition coefficient (Wildman–Crippen LogP) is 5.46. The van der Waals surface area contributed by atoms with Crippen molar-refractivity contribution in [2.24, 2.45) is 0 Å². The Labute approximate surface area is 186 Å². The normalized spacial score (nSPS) is 17.4. The number of halogens is 1. The molecule has 5 nitrogen and oxygen atoms in total. The van der Waals surface area contributed by atoms with E-state index in [1.807, 2.05) is 18.2 Å². The minimum atomic E-state index is -0.485. The summed E-state index contributed by atoms with van der Waals surface area (Å²) in [5.41, 5.74) is 3.14. The molecule has 152 valence electrons. The molecule has 2 heterocycles. The Morgan fingerprint density at radius 2 is 1.87 bits per heavy atom. The Morgan fingerprint density at radius 1 is 1.07 bits per heavy atom. The highest BCUT2D eigenvalue weighted by Gasteiger charge is 2.33. The van der Waals surface area contributed by atoms with E-state index in [1.54, 1.807) is 41.7 Å². The minimum absolute atomic E-state index is 0.0755. The van der Waals surface area contributed by atoms with Crippen molar-refractivity contribution in [1.29, 1.82) is 0 Å². The molecule has 0 fully saturated rings. The van der Waals surface area contributed by atoms with Crippen LogP contribution in [-0.4, -0.2) is 11.9 Å². The van der Waals surface area contributed by atoms with Crippen LogP contribution in [0.5, 0.6) is 5.75 Å². The molecule has 2 aromatic carbocycles. The Balaban J connectivity index is 1.47. The number of hydrogen-bond donors (Lipinski definition) is 2. The molecule has 0 spiro atoms. The van der Waals surface area contributed by atoms with E-state index in [1.165, 1.54) is 16.9 Å². The van der Waals surface area contributed by atoms with Crippen LogP contribution < -0.4 is 15.4 Å². The summed E-state index contributed by atoms with van der Waals surface area (Å²) >= 11 is 5.16. The largest absolute Gasteiger partial charge is 0.422 e. The Hall–Kier alpha value is -2.64. The van der Waals surface area contributed by atoms with Crippen LogP contribution >= 0.6 is 27.3 Å². The molecule has 1 aliphatic carbocycles. The van der Waals surface area contributed by atoms with Gasteiger partial charge in [0.05, 0.1) is 11.1 Å². The van der Waals surface area contributed by atoms with Gasteiger partial charge in [-0.15, -0.1) is 11.3 Å². The van der Waals surface area contributed by atoms with E-state index in [4.69, 9.17) is 4.74 Å². The monoisotopic (exact) mass is 482 g/mol. The molecule has 0 saturated carbocycles. The van der Waals surface area contributed by atoms with Gasteiger partial charge in [0.1, 0.15) is 16.9 Å². The van der Waals surface area contributed by atoms with Crippen LogP contribution in [0.4, 0.5) is 5.00 Å². The predicted molar refractivity (Wildman–Crippen MR) is 120 cm³/mol. The lowest BCUT2D eigenvalue weighted by atomic mass is 9.94. The summed E-state index contributed by atoms with van der Waals surface area (Å²) in [6.45, 7) is 0. The average Bonchev–Trinajstić information content (AvgIpc) is 3.14. The highest BCUT2D eigenvalue weighted by atomic mass is 79.9. The van der Waals surface area contributed by atoms with Gasteiger partial charge in [-0.05, 0) is 61.6 Å². The molecule has 30 heavy (non-hydrogen) atoms. The van der Waals surface area contributed by atoms with Gasteiger partial charge in [-0.2, -0.15) is 0 Å². The van der Waals surface area contributed by atoms with Crippen LogP contribution in [0.25, 0.3) is 0 Å². The third-order valence-corrected chi connectivity index (χ3v) is 7.16. The van der Waals surface area contributed by atoms with E-state index in [2.05, 4.69) is 26.6 Å². The maximum atomic E-state index is 13.0. The lowest BCUT2D eigenvalue weighted by Crippen LogP contribution is -2.38. The van der Waals surface area contributed by atoms with Gasteiger partial charge in [-0.3, -0.25) is 4.79 Å². The zero-order valence-electron chi connectivity index (χ0n) is 16.0. The molecule has 1 atom stereocenters. The van der Waals surface area contributed by atoms with Crippen LogP contribution in [0, 0.1) is 0 Å². The van der Waals surface area contributed by atoms with E-state index in [-0.39, 0.29) is 5.91 Å². The number of ether oxygens (including phenoxy) is 1. The molecule has 5 rings (SSSR count). The molecule has 1 aliphatic heterocycles. The minimum Gasteiger partial charge on any atom is -0.422 e. The second-order valence-corrected chi connectivity index (χ2v) is 9.42. The first-order chi connectivity index (χ1) is 14.6. The number of anilines is 1. The van der Waals surface area contributed by atoms with Gasteiger partial charge in [0.25, 0.3) is 5.91 Å². The van der Waals surface area contributed by atoms with E-state index in [0.29, 0.717) is 16.9 Å². The highest BCUT2D eigenvalue weighted by Crippen LogP contribution is 2.42. The number of nitrogens with one attached hydrogen (secondary N) is 2. The van der Waals surface area contributed by atoms with Crippen LogP contribution in [-0.2, 0) is 12.8 Å². The summed E-state index contributed by atoms with van der Waals surface area (Å²) in [7, 11) is 0. The quantitative estimate of drug-likeness (QED) is 0.384. The molecule has 0 radical (unpaired) electrons. The summed E-state index contributed by atoms with van der Waals surface area (Å²) in [6, 6.07) is 14.3. The molecular formula is C23H19BrN2O3S. The number of aryl methyl sites for hydroxylation is 1. The molecule has 1 aromatic heterocycles. The molecule has 0 unspecified atom stereocenters. The van der Waals surface area contributed by atoms with Crippen LogP contribution in [0.1, 0.15) is 55.7 Å². The third kappa shape index (κ3) is 3.52. The topological polar surface area (TPSA) is 67.4 Å². The maximum Gasteiger partial charge on any atom is 0.343 e. The van der Waals surface area contributed by atoms with Crippen molar-refractivity contribution in [3.8, 4) is 5.75 Å². The van der Waals surface area contributed by atoms with E-state index in [9.17, 15) is 9.59 Å². The smallest absolute Gasteiger partial charge is 0.343 e. The second kappa shape index (κ2) is 7.89. The lowest BCUT2D eigenvalue weighted by molar-refractivity contribution is 0.0732. The fourth-order valence-corrected chi connectivity index (χ4v) is 5.70. The zero-order chi connectivity index (χ0) is 20.7. The molecular weight excluding hydrogens is 464 g/mol. The number of carbonyl (C=O) groups is 2. The molecule has 7 heteroatoms.